The van der Waals surface area contributed by atoms with Crippen LogP contribution in [0.15, 0.2) is 29.2 Å². The first-order chi connectivity index (χ1) is 12.6. The van der Waals surface area contributed by atoms with Gasteiger partial charge < -0.3 is 10.6 Å². The van der Waals surface area contributed by atoms with Gasteiger partial charge in [-0.05, 0) is 43.5 Å². The van der Waals surface area contributed by atoms with Crippen LogP contribution in [0.5, 0.6) is 0 Å². The molecule has 1 unspecified atom stereocenters. The number of benzene rings is 1. The average Bonchev–Trinajstić information content (AvgIpc) is 3.02. The molecule has 0 spiro atoms. The summed E-state index contributed by atoms with van der Waals surface area (Å²) in [6, 6.07) is 5.59. The lowest BCUT2D eigenvalue weighted by Gasteiger charge is -2.30. The number of hydrogen-bond acceptors (Lipinski definition) is 6. The van der Waals surface area contributed by atoms with Crippen LogP contribution in [0.25, 0.3) is 0 Å². The lowest BCUT2D eigenvalue weighted by Crippen LogP contribution is -2.41. The molecule has 3 rings (SSSR count). The number of rotatable bonds is 4. The summed E-state index contributed by atoms with van der Waals surface area (Å²) in [6.07, 6.45) is 1.13. The van der Waals surface area contributed by atoms with Crippen molar-refractivity contribution in [3.8, 4) is 0 Å². The van der Waals surface area contributed by atoms with Crippen LogP contribution in [0.1, 0.15) is 29.6 Å². The minimum absolute atomic E-state index is 0.0218. The van der Waals surface area contributed by atoms with Gasteiger partial charge in [-0.25, -0.2) is 16.8 Å². The molecule has 1 atom stereocenters. The normalized spacial score (nSPS) is 23.3. The van der Waals surface area contributed by atoms with Crippen molar-refractivity contribution >= 4 is 31.5 Å². The van der Waals surface area contributed by atoms with Crippen LogP contribution < -0.4 is 5.73 Å². The molecule has 2 aliphatic heterocycles. The number of carbonyl (C=O) groups excluding carboxylic acids is 2. The predicted molar refractivity (Wildman–Crippen MR) is 98.5 cm³/mol. The third-order valence-corrected chi connectivity index (χ3v) is 9.43. The van der Waals surface area contributed by atoms with E-state index in [4.69, 9.17) is 5.73 Å². The van der Waals surface area contributed by atoms with Crippen LogP contribution in [0.3, 0.4) is 0 Å². The average molecular weight is 415 g/mol. The minimum Gasteiger partial charge on any atom is -0.369 e. The van der Waals surface area contributed by atoms with Crippen LogP contribution in [0, 0.1) is 5.92 Å². The largest absolute Gasteiger partial charge is 0.369 e. The molecule has 0 saturated carbocycles. The van der Waals surface area contributed by atoms with Gasteiger partial charge in [-0.2, -0.15) is 0 Å². The van der Waals surface area contributed by atoms with Crippen molar-refractivity contribution in [2.75, 3.05) is 24.6 Å². The van der Waals surface area contributed by atoms with Crippen LogP contribution in [0.2, 0.25) is 0 Å². The van der Waals surface area contributed by atoms with Gasteiger partial charge in [-0.3, -0.25) is 9.59 Å². The quantitative estimate of drug-likeness (QED) is 0.737. The van der Waals surface area contributed by atoms with Gasteiger partial charge in [0.1, 0.15) is 0 Å². The summed E-state index contributed by atoms with van der Waals surface area (Å²) in [4.78, 5) is 25.4. The number of sulfone groups is 2. The summed E-state index contributed by atoms with van der Waals surface area (Å²) in [5, 5.41) is -0.933. The highest BCUT2D eigenvalue weighted by Gasteiger charge is 2.38. The van der Waals surface area contributed by atoms with Gasteiger partial charge in [0.2, 0.25) is 5.91 Å². The molecule has 1 aromatic carbocycles. The Balaban J connectivity index is 1.70. The first kappa shape index (κ1) is 19.8. The van der Waals surface area contributed by atoms with E-state index in [1.54, 1.807) is 4.90 Å². The van der Waals surface area contributed by atoms with Crippen molar-refractivity contribution in [1.29, 1.82) is 0 Å². The summed E-state index contributed by atoms with van der Waals surface area (Å²) >= 11 is 0. The molecule has 2 amide bonds. The summed E-state index contributed by atoms with van der Waals surface area (Å²) in [7, 11) is -7.06. The molecule has 148 valence electrons. The second-order valence-electron chi connectivity index (χ2n) is 7.06. The van der Waals surface area contributed by atoms with E-state index in [0.717, 1.165) is 0 Å². The van der Waals surface area contributed by atoms with E-state index in [1.807, 2.05) is 0 Å². The number of nitrogens with two attached hydrogens (primary N) is 1. The fourth-order valence-electron chi connectivity index (χ4n) is 3.53. The molecule has 2 fully saturated rings. The van der Waals surface area contributed by atoms with E-state index < -0.39 is 24.9 Å². The van der Waals surface area contributed by atoms with Gasteiger partial charge in [0.15, 0.2) is 19.7 Å². The third-order valence-electron chi connectivity index (χ3n) is 5.24. The number of nitrogens with zero attached hydrogens (tertiary/aromatic N) is 1. The standard InChI is InChI=1S/C17H22N2O6S2/c18-16(20)12-5-8-19(9-6-12)17(21)13-1-3-14(4-2-13)27(24,25)15-7-10-26(22,23)11-15/h1-4,12,15H,5-11H2,(H2,18,20). The zero-order valence-corrected chi connectivity index (χ0v) is 16.3. The molecule has 0 radical (unpaired) electrons. The molecule has 8 nitrogen and oxygen atoms in total. The molecule has 0 aromatic heterocycles. The number of carbonyl (C=O) groups is 2. The van der Waals surface area contributed by atoms with Gasteiger partial charge in [0.25, 0.3) is 5.91 Å². The maximum absolute atomic E-state index is 12.6. The van der Waals surface area contributed by atoms with E-state index in [1.165, 1.54) is 24.3 Å². The molecule has 2 saturated heterocycles. The Kier molecular flexibility index (Phi) is 5.31. The van der Waals surface area contributed by atoms with Crippen LogP contribution in [-0.2, 0) is 24.5 Å². The van der Waals surface area contributed by atoms with Gasteiger partial charge in [-0.1, -0.05) is 0 Å². The zero-order valence-electron chi connectivity index (χ0n) is 14.7. The second-order valence-corrected chi connectivity index (χ2v) is 11.5. The van der Waals surface area contributed by atoms with Gasteiger partial charge in [0.05, 0.1) is 21.7 Å². The molecule has 1 aromatic rings. The van der Waals surface area contributed by atoms with E-state index in [0.29, 0.717) is 31.5 Å². The molecular weight excluding hydrogens is 392 g/mol. The molecule has 10 heteroatoms. The Morgan fingerprint density at radius 3 is 2.11 bits per heavy atom. The summed E-state index contributed by atoms with van der Waals surface area (Å²) < 4.78 is 48.3. The lowest BCUT2D eigenvalue weighted by atomic mass is 9.96. The summed E-state index contributed by atoms with van der Waals surface area (Å²) in [6.45, 7) is 0.846. The molecule has 2 heterocycles. The molecule has 27 heavy (non-hydrogen) atoms. The van der Waals surface area contributed by atoms with Crippen LogP contribution >= 0.6 is 0 Å². The molecule has 0 aliphatic carbocycles. The van der Waals surface area contributed by atoms with E-state index in [2.05, 4.69) is 0 Å². The second kappa shape index (κ2) is 7.23. The first-order valence-electron chi connectivity index (χ1n) is 8.73. The molecule has 0 bridgehead atoms. The first-order valence-corrected chi connectivity index (χ1v) is 12.1. The number of primary amides is 1. The van der Waals surface area contributed by atoms with Gasteiger partial charge in [-0.15, -0.1) is 0 Å². The number of amides is 2. The lowest BCUT2D eigenvalue weighted by molar-refractivity contribution is -0.123. The smallest absolute Gasteiger partial charge is 0.253 e. The number of likely N-dealkylation sites (tertiary alicyclic amines) is 1. The van der Waals surface area contributed by atoms with Crippen LogP contribution in [-0.4, -0.2) is 63.4 Å². The molecular formula is C17H22N2O6S2. The Morgan fingerprint density at radius 1 is 1.04 bits per heavy atom. The Hall–Kier alpha value is -1.94. The van der Waals surface area contributed by atoms with E-state index >= 15 is 0 Å². The third kappa shape index (κ3) is 4.16. The Morgan fingerprint density at radius 2 is 1.63 bits per heavy atom. The Bertz CT molecular complexity index is 946. The molecule has 2 aliphatic rings. The summed E-state index contributed by atoms with van der Waals surface area (Å²) in [5.74, 6) is -1.28. The van der Waals surface area contributed by atoms with Crippen molar-refractivity contribution in [3.63, 3.8) is 0 Å². The maximum atomic E-state index is 12.6. The van der Waals surface area contributed by atoms with Gasteiger partial charge in [0, 0.05) is 24.6 Å². The number of hydrogen-bond donors (Lipinski definition) is 1. The van der Waals surface area contributed by atoms with Gasteiger partial charge >= 0.3 is 0 Å². The fraction of sp³-hybridized carbons (Fsp3) is 0.529. The van der Waals surface area contributed by atoms with Crippen molar-refractivity contribution in [1.82, 2.24) is 4.90 Å². The minimum atomic E-state index is -3.75. The number of piperidine rings is 1. The van der Waals surface area contributed by atoms with Crippen molar-refractivity contribution in [2.45, 2.75) is 29.4 Å². The topological polar surface area (TPSA) is 132 Å². The fourth-order valence-corrected chi connectivity index (χ4v) is 7.89. The maximum Gasteiger partial charge on any atom is 0.253 e. The van der Waals surface area contributed by atoms with E-state index in [9.17, 15) is 26.4 Å². The summed E-state index contributed by atoms with van der Waals surface area (Å²) in [5.41, 5.74) is 5.64. The monoisotopic (exact) mass is 414 g/mol. The molecule has 2 N–H and O–H groups in total. The van der Waals surface area contributed by atoms with Crippen LogP contribution in [0.4, 0.5) is 0 Å². The SMILES string of the molecule is NC(=O)C1CCN(C(=O)c2ccc(S(=O)(=O)C3CCS(=O)(=O)C3)cc2)CC1. The predicted octanol–water partition coefficient (Wildman–Crippen LogP) is -0.0151. The van der Waals surface area contributed by atoms with Crippen molar-refractivity contribution in [3.05, 3.63) is 29.8 Å². The van der Waals surface area contributed by atoms with Crippen molar-refractivity contribution < 1.29 is 26.4 Å². The highest BCUT2D eigenvalue weighted by atomic mass is 32.2. The van der Waals surface area contributed by atoms with E-state index in [-0.39, 0.29) is 40.6 Å². The highest BCUT2D eigenvalue weighted by molar-refractivity contribution is 7.96. The zero-order chi connectivity index (χ0) is 19.8. The Labute approximate surface area is 158 Å². The highest BCUT2D eigenvalue weighted by Crippen LogP contribution is 2.26. The van der Waals surface area contributed by atoms with Crippen molar-refractivity contribution in [2.24, 2.45) is 11.7 Å².